The highest BCUT2D eigenvalue weighted by Gasteiger charge is 2.19. The first kappa shape index (κ1) is 10.1. The molecule has 0 saturated heterocycles. The van der Waals surface area contributed by atoms with Gasteiger partial charge in [-0.1, -0.05) is 0 Å². The molecule has 1 aliphatic rings. The van der Waals surface area contributed by atoms with Crippen LogP contribution >= 0.6 is 11.3 Å². The summed E-state index contributed by atoms with van der Waals surface area (Å²) < 4.78 is 0. The number of rotatable bonds is 3. The third-order valence-corrected chi connectivity index (χ3v) is 3.96. The summed E-state index contributed by atoms with van der Waals surface area (Å²) in [6.07, 6.45) is 4.65. The van der Waals surface area contributed by atoms with E-state index in [1.165, 1.54) is 35.3 Å². The Labute approximate surface area is 89.0 Å². The fourth-order valence-electron chi connectivity index (χ4n) is 2.10. The van der Waals surface area contributed by atoms with Gasteiger partial charge in [-0.15, -0.1) is 11.3 Å². The highest BCUT2D eigenvalue weighted by molar-refractivity contribution is 7.10. The van der Waals surface area contributed by atoms with Crippen molar-refractivity contribution in [2.24, 2.45) is 0 Å². The Balaban J connectivity index is 2.21. The Kier molecular flexibility index (Phi) is 3.21. The summed E-state index contributed by atoms with van der Waals surface area (Å²) in [6.45, 7) is 0.656. The molecule has 1 aromatic rings. The maximum atomic E-state index is 9.91. The van der Waals surface area contributed by atoms with Gasteiger partial charge in [-0.25, -0.2) is 0 Å². The maximum Gasteiger partial charge on any atom is 0.0925 e. The number of aryl methyl sites for hydroxylation is 1. The summed E-state index contributed by atoms with van der Waals surface area (Å²) >= 11 is 1.82. The van der Waals surface area contributed by atoms with Crippen LogP contribution in [0.2, 0.25) is 0 Å². The number of thiophene rings is 1. The van der Waals surface area contributed by atoms with Crippen molar-refractivity contribution in [2.75, 3.05) is 13.6 Å². The standard InChI is InChI=1S/C11H17NOS/c1-12-6-10(13)9-7-14-11-5-3-2-4-8(9)11/h7,10,12-13H,2-6H2,1H3. The molecule has 0 spiro atoms. The molecule has 0 saturated carbocycles. The second kappa shape index (κ2) is 4.43. The summed E-state index contributed by atoms with van der Waals surface area (Å²) in [7, 11) is 1.88. The first-order valence-electron chi connectivity index (χ1n) is 5.24. The van der Waals surface area contributed by atoms with E-state index in [9.17, 15) is 5.11 Å². The maximum absolute atomic E-state index is 9.91. The van der Waals surface area contributed by atoms with Crippen LogP contribution in [-0.2, 0) is 12.8 Å². The minimum atomic E-state index is -0.321. The lowest BCUT2D eigenvalue weighted by Gasteiger charge is -2.15. The number of hydrogen-bond donors (Lipinski definition) is 2. The van der Waals surface area contributed by atoms with Gasteiger partial charge in [0.25, 0.3) is 0 Å². The average Bonchev–Trinajstić information content (AvgIpc) is 2.61. The average molecular weight is 211 g/mol. The lowest BCUT2D eigenvalue weighted by molar-refractivity contribution is 0.177. The van der Waals surface area contributed by atoms with Crippen LogP contribution in [-0.4, -0.2) is 18.7 Å². The molecule has 78 valence electrons. The van der Waals surface area contributed by atoms with Crippen LogP contribution in [0, 0.1) is 0 Å². The second-order valence-corrected chi connectivity index (χ2v) is 4.84. The van der Waals surface area contributed by atoms with Crippen molar-refractivity contribution < 1.29 is 5.11 Å². The van der Waals surface area contributed by atoms with Crippen molar-refractivity contribution in [1.82, 2.24) is 5.32 Å². The second-order valence-electron chi connectivity index (χ2n) is 3.87. The van der Waals surface area contributed by atoms with E-state index >= 15 is 0 Å². The summed E-state index contributed by atoms with van der Waals surface area (Å²) in [5.74, 6) is 0. The monoisotopic (exact) mass is 211 g/mol. The van der Waals surface area contributed by atoms with E-state index in [1.54, 1.807) is 0 Å². The Bertz CT molecular complexity index is 308. The van der Waals surface area contributed by atoms with Gasteiger partial charge in [0.15, 0.2) is 0 Å². The van der Waals surface area contributed by atoms with E-state index in [1.807, 2.05) is 18.4 Å². The summed E-state index contributed by atoms with van der Waals surface area (Å²) in [6, 6.07) is 0. The van der Waals surface area contributed by atoms with Crippen LogP contribution in [0.1, 0.15) is 34.9 Å². The molecule has 1 unspecified atom stereocenters. The lowest BCUT2D eigenvalue weighted by atomic mass is 9.94. The van der Waals surface area contributed by atoms with Gasteiger partial charge >= 0.3 is 0 Å². The van der Waals surface area contributed by atoms with Crippen LogP contribution in [0.3, 0.4) is 0 Å². The van der Waals surface area contributed by atoms with Gasteiger partial charge in [0.1, 0.15) is 0 Å². The van der Waals surface area contributed by atoms with Crippen molar-refractivity contribution >= 4 is 11.3 Å². The van der Waals surface area contributed by atoms with Crippen LogP contribution < -0.4 is 5.32 Å². The van der Waals surface area contributed by atoms with Gasteiger partial charge in [-0.05, 0) is 49.2 Å². The largest absolute Gasteiger partial charge is 0.387 e. The zero-order chi connectivity index (χ0) is 9.97. The van der Waals surface area contributed by atoms with Crippen LogP contribution in [0.25, 0.3) is 0 Å². The molecule has 0 aliphatic heterocycles. The number of nitrogens with one attached hydrogen (secondary N) is 1. The van der Waals surface area contributed by atoms with Crippen molar-refractivity contribution in [3.05, 3.63) is 21.4 Å². The predicted octanol–water partition coefficient (Wildman–Crippen LogP) is 1.88. The number of hydrogen-bond acceptors (Lipinski definition) is 3. The van der Waals surface area contributed by atoms with Crippen molar-refractivity contribution in [2.45, 2.75) is 31.8 Å². The number of likely N-dealkylation sites (N-methyl/N-ethyl adjacent to an activating group) is 1. The summed E-state index contributed by atoms with van der Waals surface area (Å²) in [5, 5.41) is 15.1. The van der Waals surface area contributed by atoms with E-state index in [4.69, 9.17) is 0 Å². The fourth-order valence-corrected chi connectivity index (χ4v) is 3.29. The quantitative estimate of drug-likeness (QED) is 0.800. The van der Waals surface area contributed by atoms with Crippen molar-refractivity contribution in [3.63, 3.8) is 0 Å². The highest BCUT2D eigenvalue weighted by Crippen LogP contribution is 2.33. The molecule has 2 rings (SSSR count). The lowest BCUT2D eigenvalue weighted by Crippen LogP contribution is -2.17. The molecule has 0 radical (unpaired) electrons. The molecule has 2 nitrogen and oxygen atoms in total. The number of aliphatic hydroxyl groups excluding tert-OH is 1. The zero-order valence-corrected chi connectivity index (χ0v) is 9.36. The van der Waals surface area contributed by atoms with Crippen molar-refractivity contribution in [1.29, 1.82) is 0 Å². The molecule has 0 amide bonds. The highest BCUT2D eigenvalue weighted by atomic mass is 32.1. The fraction of sp³-hybridized carbons (Fsp3) is 0.636. The summed E-state index contributed by atoms with van der Waals surface area (Å²) in [5.41, 5.74) is 2.60. The van der Waals surface area contributed by atoms with E-state index in [0.29, 0.717) is 6.54 Å². The number of fused-ring (bicyclic) bond motifs is 1. The topological polar surface area (TPSA) is 32.3 Å². The SMILES string of the molecule is CNCC(O)c1csc2c1CCCC2. The third-order valence-electron chi connectivity index (χ3n) is 2.85. The molecule has 0 aromatic carbocycles. The molecule has 1 aromatic heterocycles. The van der Waals surface area contributed by atoms with Crippen molar-refractivity contribution in [3.8, 4) is 0 Å². The first-order chi connectivity index (χ1) is 6.83. The third kappa shape index (κ3) is 1.85. The minimum Gasteiger partial charge on any atom is -0.387 e. The van der Waals surface area contributed by atoms with Gasteiger partial charge in [-0.2, -0.15) is 0 Å². The molecule has 14 heavy (non-hydrogen) atoms. The van der Waals surface area contributed by atoms with Gasteiger partial charge in [0.2, 0.25) is 0 Å². The Morgan fingerprint density at radius 2 is 2.29 bits per heavy atom. The Hall–Kier alpha value is -0.380. The smallest absolute Gasteiger partial charge is 0.0925 e. The summed E-state index contributed by atoms with van der Waals surface area (Å²) in [4.78, 5) is 1.50. The van der Waals surface area contributed by atoms with E-state index in [2.05, 4.69) is 10.7 Å². The number of aliphatic hydroxyl groups is 1. The Morgan fingerprint density at radius 1 is 1.50 bits per heavy atom. The van der Waals surface area contributed by atoms with E-state index in [0.717, 1.165) is 6.42 Å². The van der Waals surface area contributed by atoms with Gasteiger partial charge in [0.05, 0.1) is 6.10 Å². The van der Waals surface area contributed by atoms with Crippen LogP contribution in [0.5, 0.6) is 0 Å². The molecule has 2 N–H and O–H groups in total. The predicted molar refractivity (Wildman–Crippen MR) is 59.8 cm³/mol. The Morgan fingerprint density at radius 3 is 3.07 bits per heavy atom. The molecule has 1 atom stereocenters. The molecule has 1 aliphatic carbocycles. The molecular weight excluding hydrogens is 194 g/mol. The van der Waals surface area contributed by atoms with Gasteiger partial charge in [-0.3, -0.25) is 0 Å². The molecule has 3 heteroatoms. The molecular formula is C11H17NOS. The van der Waals surface area contributed by atoms with Gasteiger partial charge in [0, 0.05) is 11.4 Å². The van der Waals surface area contributed by atoms with Gasteiger partial charge < -0.3 is 10.4 Å². The molecule has 0 fully saturated rings. The minimum absolute atomic E-state index is 0.321. The zero-order valence-electron chi connectivity index (χ0n) is 8.55. The normalized spacial score (nSPS) is 17.9. The first-order valence-corrected chi connectivity index (χ1v) is 6.12. The molecule has 0 bridgehead atoms. The van der Waals surface area contributed by atoms with E-state index < -0.39 is 0 Å². The van der Waals surface area contributed by atoms with Crippen LogP contribution in [0.15, 0.2) is 5.38 Å². The molecule has 1 heterocycles. The van der Waals surface area contributed by atoms with E-state index in [-0.39, 0.29) is 6.10 Å². The van der Waals surface area contributed by atoms with Crippen LogP contribution in [0.4, 0.5) is 0 Å².